The molecule has 0 bridgehead atoms. The normalized spacial score (nSPS) is 14.8. The lowest BCUT2D eigenvalue weighted by Crippen LogP contribution is -2.23. The van der Waals surface area contributed by atoms with Gasteiger partial charge in [0.25, 0.3) is 0 Å². The summed E-state index contributed by atoms with van der Waals surface area (Å²) in [5.74, 6) is 0.920. The molecule has 0 fully saturated rings. The van der Waals surface area contributed by atoms with Gasteiger partial charge in [0.05, 0.1) is 11.1 Å². The minimum atomic E-state index is -0.662. The molecule has 1 aliphatic heterocycles. The summed E-state index contributed by atoms with van der Waals surface area (Å²) in [5.41, 5.74) is 3.85. The summed E-state index contributed by atoms with van der Waals surface area (Å²) >= 11 is 0. The van der Waals surface area contributed by atoms with Crippen LogP contribution in [0.2, 0.25) is 0 Å². The first-order valence-corrected chi connectivity index (χ1v) is 10.2. The molecule has 0 radical (unpaired) electrons. The van der Waals surface area contributed by atoms with Gasteiger partial charge in [-0.2, -0.15) is 0 Å². The van der Waals surface area contributed by atoms with E-state index in [4.69, 9.17) is 14.5 Å². The maximum atomic E-state index is 12.0. The first kappa shape index (κ1) is 20.8. The molecule has 160 valence electrons. The lowest BCUT2D eigenvalue weighted by molar-refractivity contribution is 0.00954. The number of carbonyl (C=O) groups excluding carboxylic acids is 1. The van der Waals surface area contributed by atoms with Crippen molar-refractivity contribution in [1.29, 1.82) is 0 Å². The van der Waals surface area contributed by atoms with E-state index in [9.17, 15) is 4.79 Å². The summed E-state index contributed by atoms with van der Waals surface area (Å²) in [7, 11) is 0. The molecule has 0 unspecified atom stereocenters. The Kier molecular flexibility index (Phi) is 4.76. The van der Waals surface area contributed by atoms with Crippen molar-refractivity contribution in [3.8, 4) is 5.75 Å². The van der Waals surface area contributed by atoms with E-state index in [0.717, 1.165) is 39.0 Å². The Morgan fingerprint density at radius 3 is 2.61 bits per heavy atom. The number of anilines is 2. The number of esters is 1. The highest BCUT2D eigenvalue weighted by molar-refractivity contribution is 5.95. The van der Waals surface area contributed by atoms with Crippen LogP contribution in [-0.2, 0) is 10.3 Å². The molecule has 2 heterocycles. The summed E-state index contributed by atoms with van der Waals surface area (Å²) in [4.78, 5) is 21.2. The van der Waals surface area contributed by atoms with Crippen LogP contribution in [0, 0.1) is 0 Å². The average molecular weight is 418 g/mol. The first-order chi connectivity index (χ1) is 14.4. The zero-order valence-electron chi connectivity index (χ0n) is 18.8. The molecule has 0 amide bonds. The smallest absolute Gasteiger partial charge is 0.339 e. The quantitative estimate of drug-likeness (QED) is 0.526. The highest BCUT2D eigenvalue weighted by atomic mass is 16.6. The molecular formula is C25H27N3O3. The third kappa shape index (κ3) is 4.10. The second-order valence-electron chi connectivity index (χ2n) is 9.38. The van der Waals surface area contributed by atoms with E-state index in [0.29, 0.717) is 11.5 Å². The van der Waals surface area contributed by atoms with E-state index >= 15 is 0 Å². The molecule has 6 heteroatoms. The van der Waals surface area contributed by atoms with Crippen LogP contribution in [0.15, 0.2) is 43.1 Å². The van der Waals surface area contributed by atoms with Gasteiger partial charge in [0.2, 0.25) is 5.95 Å². The van der Waals surface area contributed by atoms with Crippen molar-refractivity contribution in [3.63, 3.8) is 0 Å². The van der Waals surface area contributed by atoms with Gasteiger partial charge in [-0.3, -0.25) is 0 Å². The number of fused-ring (bicyclic) bond motifs is 2. The van der Waals surface area contributed by atoms with E-state index in [1.54, 1.807) is 12.3 Å². The molecule has 0 spiro atoms. The number of cyclic esters (lactones) is 1. The lowest BCUT2D eigenvalue weighted by atomic mass is 9.95. The standard InChI is InChI=1S/C25H27N3O3/c1-14(2)19-12-17(30-24(3,4)5)10-15-13-26-23(28-21(15)19)27-16-8-9-18-20(11-16)25(6,7)31-22(18)29/h8-13H,1H2,2-7H3,(H,26,27,28). The number of carbonyl (C=O) groups is 1. The SMILES string of the molecule is C=C(C)c1cc(OC(C)(C)C)cc2cnc(Nc3ccc4c(c3)C(C)(C)OC4=O)nc12. The van der Waals surface area contributed by atoms with Crippen LogP contribution in [0.25, 0.3) is 16.5 Å². The van der Waals surface area contributed by atoms with E-state index in [-0.39, 0.29) is 11.6 Å². The number of nitrogens with one attached hydrogen (secondary N) is 1. The van der Waals surface area contributed by atoms with Gasteiger partial charge < -0.3 is 14.8 Å². The van der Waals surface area contributed by atoms with Gasteiger partial charge >= 0.3 is 5.97 Å². The average Bonchev–Trinajstić information content (AvgIpc) is 2.88. The third-order valence-electron chi connectivity index (χ3n) is 5.03. The van der Waals surface area contributed by atoms with Gasteiger partial charge in [-0.1, -0.05) is 6.58 Å². The largest absolute Gasteiger partial charge is 0.488 e. The molecular weight excluding hydrogens is 390 g/mol. The van der Waals surface area contributed by atoms with Crippen LogP contribution >= 0.6 is 0 Å². The van der Waals surface area contributed by atoms with Crippen LogP contribution in [-0.4, -0.2) is 21.5 Å². The molecule has 1 aromatic heterocycles. The number of hydrogen-bond donors (Lipinski definition) is 1. The number of hydrogen-bond acceptors (Lipinski definition) is 6. The highest BCUT2D eigenvalue weighted by Crippen LogP contribution is 2.38. The fourth-order valence-electron chi connectivity index (χ4n) is 3.69. The number of nitrogens with zero attached hydrogens (tertiary/aromatic N) is 2. The van der Waals surface area contributed by atoms with Gasteiger partial charge in [0.15, 0.2) is 0 Å². The van der Waals surface area contributed by atoms with Gasteiger partial charge in [0.1, 0.15) is 17.0 Å². The monoisotopic (exact) mass is 417 g/mol. The number of aromatic nitrogens is 2. The molecule has 4 rings (SSSR count). The summed E-state index contributed by atoms with van der Waals surface area (Å²) in [6.45, 7) is 15.8. The topological polar surface area (TPSA) is 73.3 Å². The Morgan fingerprint density at radius 2 is 1.94 bits per heavy atom. The Balaban J connectivity index is 1.72. The van der Waals surface area contributed by atoms with Crippen LogP contribution < -0.4 is 10.1 Å². The summed E-state index contributed by atoms with van der Waals surface area (Å²) in [6, 6.07) is 9.42. The van der Waals surface area contributed by atoms with Gasteiger partial charge in [0, 0.05) is 28.4 Å². The molecule has 1 N–H and O–H groups in total. The molecule has 0 saturated heterocycles. The number of ether oxygens (including phenoxy) is 2. The summed E-state index contributed by atoms with van der Waals surface area (Å²) < 4.78 is 11.5. The minimum Gasteiger partial charge on any atom is -0.488 e. The van der Waals surface area contributed by atoms with Gasteiger partial charge in [-0.25, -0.2) is 14.8 Å². The predicted octanol–water partition coefficient (Wildman–Crippen LogP) is 5.99. The first-order valence-electron chi connectivity index (χ1n) is 10.2. The van der Waals surface area contributed by atoms with Gasteiger partial charge in [-0.15, -0.1) is 0 Å². The Morgan fingerprint density at radius 1 is 1.19 bits per heavy atom. The van der Waals surface area contributed by atoms with Crippen LogP contribution in [0.4, 0.5) is 11.6 Å². The van der Waals surface area contributed by atoms with Crippen molar-refractivity contribution in [2.75, 3.05) is 5.32 Å². The zero-order valence-corrected chi connectivity index (χ0v) is 18.8. The Bertz CT molecular complexity index is 1220. The second kappa shape index (κ2) is 7.08. The van der Waals surface area contributed by atoms with Crippen molar-refractivity contribution < 1.29 is 14.3 Å². The fraction of sp³-hybridized carbons (Fsp3) is 0.320. The maximum Gasteiger partial charge on any atom is 0.339 e. The second-order valence-corrected chi connectivity index (χ2v) is 9.38. The highest BCUT2D eigenvalue weighted by Gasteiger charge is 2.37. The van der Waals surface area contributed by atoms with E-state index in [1.807, 2.05) is 65.8 Å². The molecule has 3 aromatic rings. The predicted molar refractivity (Wildman–Crippen MR) is 123 cm³/mol. The van der Waals surface area contributed by atoms with Crippen molar-refractivity contribution in [2.45, 2.75) is 52.7 Å². The maximum absolute atomic E-state index is 12.0. The number of rotatable bonds is 4. The molecule has 6 nitrogen and oxygen atoms in total. The fourth-order valence-corrected chi connectivity index (χ4v) is 3.69. The lowest BCUT2D eigenvalue weighted by Gasteiger charge is -2.22. The van der Waals surface area contributed by atoms with Crippen LogP contribution in [0.5, 0.6) is 5.75 Å². The summed E-state index contributed by atoms with van der Waals surface area (Å²) in [6.07, 6.45) is 1.77. The van der Waals surface area contributed by atoms with Crippen molar-refractivity contribution >= 4 is 34.1 Å². The Hall–Kier alpha value is -3.41. The molecule has 0 aliphatic carbocycles. The van der Waals surface area contributed by atoms with E-state index in [1.165, 1.54) is 0 Å². The molecule has 0 atom stereocenters. The van der Waals surface area contributed by atoms with Gasteiger partial charge in [-0.05, 0) is 77.4 Å². The van der Waals surface area contributed by atoms with E-state index in [2.05, 4.69) is 16.9 Å². The minimum absolute atomic E-state index is 0.298. The number of allylic oxidation sites excluding steroid dienone is 1. The van der Waals surface area contributed by atoms with Crippen molar-refractivity contribution in [3.05, 3.63) is 59.8 Å². The van der Waals surface area contributed by atoms with E-state index < -0.39 is 5.60 Å². The van der Waals surface area contributed by atoms with Crippen molar-refractivity contribution in [1.82, 2.24) is 9.97 Å². The van der Waals surface area contributed by atoms with Crippen LogP contribution in [0.3, 0.4) is 0 Å². The summed E-state index contributed by atoms with van der Waals surface area (Å²) in [5, 5.41) is 4.12. The molecule has 0 saturated carbocycles. The molecule has 2 aromatic carbocycles. The van der Waals surface area contributed by atoms with Crippen LogP contribution in [0.1, 0.15) is 63.0 Å². The molecule has 1 aliphatic rings. The third-order valence-corrected chi connectivity index (χ3v) is 5.03. The number of benzene rings is 2. The van der Waals surface area contributed by atoms with Crippen molar-refractivity contribution in [2.24, 2.45) is 0 Å². The zero-order chi connectivity index (χ0) is 22.6. The Labute approximate surface area is 182 Å². The molecule has 31 heavy (non-hydrogen) atoms.